The Kier molecular flexibility index (Phi) is 5.59. The number of anilines is 1. The normalized spacial score (nSPS) is 12.3. The zero-order chi connectivity index (χ0) is 24.8. The van der Waals surface area contributed by atoms with Crippen LogP contribution in [0, 0.1) is 0 Å². The fourth-order valence-electron chi connectivity index (χ4n) is 4.80. The minimum atomic E-state index is -0.0805. The van der Waals surface area contributed by atoms with E-state index in [2.05, 4.69) is 60.7 Å². The summed E-state index contributed by atoms with van der Waals surface area (Å²) in [7, 11) is 3.88. The van der Waals surface area contributed by atoms with Gasteiger partial charge in [0.1, 0.15) is 0 Å². The second kappa shape index (κ2) is 8.93. The van der Waals surface area contributed by atoms with Gasteiger partial charge < -0.3 is 9.88 Å². The smallest absolute Gasteiger partial charge is 0.202 e. The van der Waals surface area contributed by atoms with Crippen LogP contribution in [0.25, 0.3) is 27.7 Å². The Morgan fingerprint density at radius 3 is 2.44 bits per heavy atom. The molecule has 9 heteroatoms. The molecule has 0 amide bonds. The summed E-state index contributed by atoms with van der Waals surface area (Å²) in [4.78, 5) is 4.58. The number of nitrogens with zero attached hydrogens (tertiary/aromatic N) is 6. The van der Waals surface area contributed by atoms with Crippen molar-refractivity contribution in [2.75, 3.05) is 12.4 Å². The highest BCUT2D eigenvalue weighted by molar-refractivity contribution is 6.31. The number of tetrazole rings is 1. The number of pyridine rings is 1. The molecule has 6 aromatic rings. The number of fused-ring (bicyclic) bond motifs is 3. The van der Waals surface area contributed by atoms with Crippen LogP contribution < -0.4 is 5.32 Å². The van der Waals surface area contributed by atoms with Crippen molar-refractivity contribution in [3.8, 4) is 11.1 Å². The van der Waals surface area contributed by atoms with Crippen LogP contribution in [0.4, 0.5) is 5.95 Å². The van der Waals surface area contributed by atoms with Crippen molar-refractivity contribution in [3.05, 3.63) is 106 Å². The third-order valence-corrected chi connectivity index (χ3v) is 7.01. The highest BCUT2D eigenvalue weighted by atomic mass is 35.5. The summed E-state index contributed by atoms with van der Waals surface area (Å²) in [6.45, 7) is 0. The number of hydrogen-bond donors (Lipinski definition) is 1. The quantitative estimate of drug-likeness (QED) is 0.296. The number of benzene rings is 3. The third kappa shape index (κ3) is 3.77. The van der Waals surface area contributed by atoms with Crippen LogP contribution in [-0.4, -0.2) is 36.6 Å². The first kappa shape index (κ1) is 22.5. The molecule has 36 heavy (non-hydrogen) atoms. The van der Waals surface area contributed by atoms with E-state index in [1.807, 2.05) is 62.8 Å². The molecule has 3 aromatic carbocycles. The molecule has 1 atom stereocenters. The molecule has 7 nitrogen and oxygen atoms in total. The van der Waals surface area contributed by atoms with Crippen molar-refractivity contribution in [1.82, 2.24) is 29.6 Å². The van der Waals surface area contributed by atoms with E-state index in [1.165, 1.54) is 0 Å². The second-order valence-corrected chi connectivity index (χ2v) is 9.47. The van der Waals surface area contributed by atoms with Gasteiger partial charge >= 0.3 is 0 Å². The second-order valence-electron chi connectivity index (χ2n) is 8.59. The van der Waals surface area contributed by atoms with E-state index in [9.17, 15) is 0 Å². The average molecular weight is 514 g/mol. The monoisotopic (exact) mass is 513 g/mol. The van der Waals surface area contributed by atoms with E-state index < -0.39 is 0 Å². The van der Waals surface area contributed by atoms with Crippen LogP contribution >= 0.6 is 23.2 Å². The topological polar surface area (TPSA) is 72.9 Å². The van der Waals surface area contributed by atoms with E-state index in [0.29, 0.717) is 15.7 Å². The molecule has 3 aromatic heterocycles. The molecule has 0 bridgehead atoms. The molecule has 1 unspecified atom stereocenters. The summed E-state index contributed by atoms with van der Waals surface area (Å²) in [5.41, 5.74) is 6.85. The number of rotatable bonds is 5. The summed E-state index contributed by atoms with van der Waals surface area (Å²) in [5, 5.41) is 17.9. The van der Waals surface area contributed by atoms with Gasteiger partial charge in [-0.25, -0.2) is 4.98 Å². The first-order valence-electron chi connectivity index (χ1n) is 11.4. The van der Waals surface area contributed by atoms with Crippen LogP contribution in [0.1, 0.15) is 22.7 Å². The zero-order valence-corrected chi connectivity index (χ0v) is 21.0. The first-order valence-corrected chi connectivity index (χ1v) is 12.1. The largest absolute Gasteiger partial charge is 0.359 e. The van der Waals surface area contributed by atoms with Crippen molar-refractivity contribution in [2.24, 2.45) is 7.05 Å². The van der Waals surface area contributed by atoms with Crippen LogP contribution in [0.2, 0.25) is 10.0 Å². The highest BCUT2D eigenvalue weighted by Crippen LogP contribution is 2.38. The van der Waals surface area contributed by atoms with Crippen molar-refractivity contribution in [2.45, 2.75) is 5.92 Å². The Balaban J connectivity index is 1.63. The third-order valence-electron chi connectivity index (χ3n) is 6.52. The van der Waals surface area contributed by atoms with Crippen LogP contribution in [-0.2, 0) is 7.05 Å². The van der Waals surface area contributed by atoms with Gasteiger partial charge in [0.25, 0.3) is 0 Å². The Labute approximate surface area is 217 Å². The summed E-state index contributed by atoms with van der Waals surface area (Å²) in [6, 6.07) is 24.2. The number of imidazole rings is 1. The Hall–Kier alpha value is -3.94. The highest BCUT2D eigenvalue weighted by Gasteiger charge is 2.23. The Morgan fingerprint density at radius 1 is 0.889 bits per heavy atom. The molecule has 0 spiro atoms. The Morgan fingerprint density at radius 2 is 1.69 bits per heavy atom. The standard InChI is InChI=1S/C27H21Cl2N7/c1-30-27-31-15-24(35(27)2)26(16-6-9-19(28)10-7-16)18-8-11-23-22(13-18)21(14-25-32-33-34-36(23)25)17-4-3-5-20(29)12-17/h3-15,26H,1-2H3,(H,30,31). The summed E-state index contributed by atoms with van der Waals surface area (Å²) in [5.74, 6) is 0.711. The van der Waals surface area contributed by atoms with Crippen molar-refractivity contribution >= 4 is 45.7 Å². The first-order chi connectivity index (χ1) is 17.5. The fourth-order valence-corrected chi connectivity index (χ4v) is 5.12. The van der Waals surface area contributed by atoms with Gasteiger partial charge in [-0.2, -0.15) is 4.52 Å². The van der Waals surface area contributed by atoms with Gasteiger partial charge in [0, 0.05) is 29.5 Å². The average Bonchev–Trinajstić information content (AvgIpc) is 3.51. The van der Waals surface area contributed by atoms with Gasteiger partial charge in [0.15, 0.2) is 5.65 Å². The van der Waals surface area contributed by atoms with Gasteiger partial charge in [0.2, 0.25) is 5.95 Å². The maximum absolute atomic E-state index is 6.36. The number of halogens is 2. The maximum Gasteiger partial charge on any atom is 0.202 e. The van der Waals surface area contributed by atoms with E-state index >= 15 is 0 Å². The predicted molar refractivity (Wildman–Crippen MR) is 144 cm³/mol. The molecule has 0 radical (unpaired) electrons. The molecule has 0 saturated heterocycles. The molecule has 0 aliphatic heterocycles. The van der Waals surface area contributed by atoms with Gasteiger partial charge in [0.05, 0.1) is 23.3 Å². The molecule has 6 rings (SSSR count). The SMILES string of the molecule is CNc1ncc(C(c2ccc(Cl)cc2)c2ccc3c(c2)c(-c2cccc(Cl)c2)cc2nnnn23)n1C. The van der Waals surface area contributed by atoms with Crippen LogP contribution in [0.5, 0.6) is 0 Å². The van der Waals surface area contributed by atoms with Gasteiger partial charge in [-0.15, -0.1) is 5.10 Å². The number of aromatic nitrogens is 6. The van der Waals surface area contributed by atoms with Gasteiger partial charge in [-0.05, 0) is 75.1 Å². The molecule has 0 aliphatic rings. The molecule has 0 fully saturated rings. The Bertz CT molecular complexity index is 1720. The molecule has 1 N–H and O–H groups in total. The summed E-state index contributed by atoms with van der Waals surface area (Å²) < 4.78 is 3.83. The lowest BCUT2D eigenvalue weighted by Crippen LogP contribution is -2.10. The minimum Gasteiger partial charge on any atom is -0.359 e. The van der Waals surface area contributed by atoms with Crippen molar-refractivity contribution in [3.63, 3.8) is 0 Å². The predicted octanol–water partition coefficient (Wildman–Crippen LogP) is 6.21. The number of nitrogens with one attached hydrogen (secondary N) is 1. The molecule has 0 aliphatic carbocycles. The van der Waals surface area contributed by atoms with Crippen LogP contribution in [0.3, 0.4) is 0 Å². The van der Waals surface area contributed by atoms with E-state index in [1.54, 1.807) is 4.52 Å². The maximum atomic E-state index is 6.36. The fraction of sp³-hybridized carbons (Fsp3) is 0.111. The summed E-state index contributed by atoms with van der Waals surface area (Å²) >= 11 is 12.6. The van der Waals surface area contributed by atoms with E-state index in [-0.39, 0.29) is 5.92 Å². The molecule has 0 saturated carbocycles. The van der Waals surface area contributed by atoms with Crippen molar-refractivity contribution in [1.29, 1.82) is 0 Å². The van der Waals surface area contributed by atoms with Gasteiger partial charge in [-0.3, -0.25) is 0 Å². The number of hydrogen-bond acceptors (Lipinski definition) is 5. The molecule has 178 valence electrons. The lowest BCUT2D eigenvalue weighted by Gasteiger charge is -2.21. The van der Waals surface area contributed by atoms with Crippen LogP contribution in [0.15, 0.2) is 79.0 Å². The lowest BCUT2D eigenvalue weighted by atomic mass is 9.87. The van der Waals surface area contributed by atoms with Gasteiger partial charge in [-0.1, -0.05) is 53.5 Å². The molecule has 3 heterocycles. The van der Waals surface area contributed by atoms with E-state index in [0.717, 1.165) is 44.8 Å². The van der Waals surface area contributed by atoms with E-state index in [4.69, 9.17) is 23.2 Å². The minimum absolute atomic E-state index is 0.0805. The molecular weight excluding hydrogens is 493 g/mol. The summed E-state index contributed by atoms with van der Waals surface area (Å²) in [6.07, 6.45) is 1.91. The molecular formula is C27H21Cl2N7. The lowest BCUT2D eigenvalue weighted by molar-refractivity contribution is 0.798. The van der Waals surface area contributed by atoms with Crippen molar-refractivity contribution < 1.29 is 0 Å². The zero-order valence-electron chi connectivity index (χ0n) is 19.5.